The summed E-state index contributed by atoms with van der Waals surface area (Å²) in [5.41, 5.74) is 0.767. The van der Waals surface area contributed by atoms with Crippen molar-refractivity contribution in [1.29, 1.82) is 0 Å². The van der Waals surface area contributed by atoms with E-state index in [2.05, 4.69) is 20.2 Å². The van der Waals surface area contributed by atoms with Crippen LogP contribution in [-0.2, 0) is 23.0 Å². The molecular weight excluding hydrogens is 414 g/mol. The van der Waals surface area contributed by atoms with Crippen LogP contribution in [0.25, 0.3) is 0 Å². The molecule has 2 N–H and O–H groups in total. The van der Waals surface area contributed by atoms with E-state index in [0.29, 0.717) is 29.2 Å². The fourth-order valence-corrected chi connectivity index (χ4v) is 3.83. The molecule has 0 saturated carbocycles. The molecule has 0 saturated heterocycles. The number of amides is 1. The number of rotatable bonds is 8. The van der Waals surface area contributed by atoms with Crippen molar-refractivity contribution in [3.63, 3.8) is 0 Å². The van der Waals surface area contributed by atoms with Crippen LogP contribution in [0.4, 0.5) is 5.69 Å². The molecule has 10 heteroatoms. The summed E-state index contributed by atoms with van der Waals surface area (Å²) in [5, 5.41) is 11.2. The molecule has 0 aliphatic rings. The number of aryl methyl sites for hydroxylation is 1. The SMILES string of the molecule is CCn1cnnc1CCNC(=O)c1ccc(S(=O)(=O)Nc2ccc(Cl)cc2)cc1. The van der Waals surface area contributed by atoms with Gasteiger partial charge in [0.2, 0.25) is 0 Å². The standard InChI is InChI=1S/C19H20ClN5O3S/c1-2-25-13-22-23-18(25)11-12-21-19(26)14-3-9-17(10-4-14)29(27,28)24-16-7-5-15(20)6-8-16/h3-10,13,24H,2,11-12H2,1H3,(H,21,26). The first kappa shape index (κ1) is 20.8. The highest BCUT2D eigenvalue weighted by atomic mass is 35.5. The maximum absolute atomic E-state index is 12.5. The Balaban J connectivity index is 1.59. The first-order valence-corrected chi connectivity index (χ1v) is 10.8. The largest absolute Gasteiger partial charge is 0.352 e. The number of hydrogen-bond donors (Lipinski definition) is 2. The molecule has 2 aromatic carbocycles. The number of nitrogens with zero attached hydrogens (tertiary/aromatic N) is 3. The normalized spacial score (nSPS) is 11.2. The molecule has 0 unspecified atom stereocenters. The minimum absolute atomic E-state index is 0.0556. The van der Waals surface area contributed by atoms with E-state index in [1.165, 1.54) is 24.3 Å². The van der Waals surface area contributed by atoms with Crippen LogP contribution in [-0.4, -0.2) is 35.6 Å². The number of carbonyl (C=O) groups is 1. The molecule has 0 aliphatic heterocycles. The molecule has 1 aromatic heterocycles. The molecular formula is C19H20ClN5O3S. The summed E-state index contributed by atoms with van der Waals surface area (Å²) in [5.74, 6) is 0.504. The fraction of sp³-hybridized carbons (Fsp3) is 0.211. The van der Waals surface area contributed by atoms with Crippen LogP contribution in [0.1, 0.15) is 23.1 Å². The van der Waals surface area contributed by atoms with Gasteiger partial charge in [-0.1, -0.05) is 11.6 Å². The number of nitrogens with one attached hydrogen (secondary N) is 2. The van der Waals surface area contributed by atoms with Crippen LogP contribution in [0.15, 0.2) is 59.8 Å². The predicted octanol–water partition coefficient (Wildman–Crippen LogP) is 2.72. The van der Waals surface area contributed by atoms with Gasteiger partial charge in [0, 0.05) is 35.8 Å². The van der Waals surface area contributed by atoms with Crippen LogP contribution in [0.3, 0.4) is 0 Å². The molecule has 0 aliphatic carbocycles. The van der Waals surface area contributed by atoms with Crippen LogP contribution in [0.5, 0.6) is 0 Å². The Hall–Kier alpha value is -2.91. The summed E-state index contributed by atoms with van der Waals surface area (Å²) in [6, 6.07) is 12.1. The van der Waals surface area contributed by atoms with Gasteiger partial charge in [0.1, 0.15) is 12.2 Å². The van der Waals surface area contributed by atoms with Crippen molar-refractivity contribution in [1.82, 2.24) is 20.1 Å². The Labute approximate surface area is 174 Å². The highest BCUT2D eigenvalue weighted by Gasteiger charge is 2.15. The molecule has 8 nitrogen and oxygen atoms in total. The lowest BCUT2D eigenvalue weighted by molar-refractivity contribution is 0.0954. The van der Waals surface area contributed by atoms with E-state index in [9.17, 15) is 13.2 Å². The lowest BCUT2D eigenvalue weighted by atomic mass is 10.2. The van der Waals surface area contributed by atoms with Crippen LogP contribution in [0.2, 0.25) is 5.02 Å². The Morgan fingerprint density at radius 3 is 2.45 bits per heavy atom. The quantitative estimate of drug-likeness (QED) is 0.568. The molecule has 3 aromatic rings. The Morgan fingerprint density at radius 1 is 1.10 bits per heavy atom. The summed E-state index contributed by atoms with van der Waals surface area (Å²) in [6.45, 7) is 3.15. The minimum Gasteiger partial charge on any atom is -0.352 e. The Kier molecular flexibility index (Phi) is 6.50. The van der Waals surface area contributed by atoms with Crippen LogP contribution in [0, 0.1) is 0 Å². The van der Waals surface area contributed by atoms with Crippen molar-refractivity contribution in [2.24, 2.45) is 0 Å². The summed E-state index contributed by atoms with van der Waals surface area (Å²) >= 11 is 5.80. The molecule has 1 heterocycles. The molecule has 0 atom stereocenters. The van der Waals surface area contributed by atoms with Crippen molar-refractivity contribution in [3.8, 4) is 0 Å². The van der Waals surface area contributed by atoms with Crippen LogP contribution < -0.4 is 10.0 Å². The monoisotopic (exact) mass is 433 g/mol. The van der Waals surface area contributed by atoms with Gasteiger partial charge < -0.3 is 9.88 Å². The number of aromatic nitrogens is 3. The van der Waals surface area contributed by atoms with E-state index in [-0.39, 0.29) is 10.8 Å². The molecule has 0 spiro atoms. The molecule has 29 heavy (non-hydrogen) atoms. The topological polar surface area (TPSA) is 106 Å². The second kappa shape index (κ2) is 9.06. The highest BCUT2D eigenvalue weighted by molar-refractivity contribution is 7.92. The van der Waals surface area contributed by atoms with Gasteiger partial charge in [0.25, 0.3) is 15.9 Å². The third-order valence-corrected chi connectivity index (χ3v) is 5.84. The molecule has 1 amide bonds. The lowest BCUT2D eigenvalue weighted by Crippen LogP contribution is -2.26. The van der Waals surface area contributed by atoms with Crippen molar-refractivity contribution in [3.05, 3.63) is 71.3 Å². The van der Waals surface area contributed by atoms with Crippen molar-refractivity contribution in [2.45, 2.75) is 24.8 Å². The number of sulfonamides is 1. The second-order valence-electron chi connectivity index (χ2n) is 6.18. The zero-order chi connectivity index (χ0) is 20.9. The lowest BCUT2D eigenvalue weighted by Gasteiger charge is -2.09. The van der Waals surface area contributed by atoms with E-state index < -0.39 is 10.0 Å². The Morgan fingerprint density at radius 2 is 1.79 bits per heavy atom. The molecule has 0 radical (unpaired) electrons. The maximum Gasteiger partial charge on any atom is 0.261 e. The highest BCUT2D eigenvalue weighted by Crippen LogP contribution is 2.18. The molecule has 0 fully saturated rings. The number of benzene rings is 2. The number of carbonyl (C=O) groups excluding carboxylic acids is 1. The summed E-state index contributed by atoms with van der Waals surface area (Å²) < 4.78 is 29.3. The number of halogens is 1. The van der Waals surface area contributed by atoms with Gasteiger partial charge in [-0.2, -0.15) is 0 Å². The van der Waals surface area contributed by atoms with E-state index in [1.54, 1.807) is 30.6 Å². The predicted molar refractivity (Wildman–Crippen MR) is 110 cm³/mol. The summed E-state index contributed by atoms with van der Waals surface area (Å²) in [7, 11) is -3.77. The van der Waals surface area contributed by atoms with Crippen molar-refractivity contribution in [2.75, 3.05) is 11.3 Å². The summed E-state index contributed by atoms with van der Waals surface area (Å²) in [6.07, 6.45) is 2.20. The Bertz CT molecular complexity index is 1080. The zero-order valence-electron chi connectivity index (χ0n) is 15.7. The maximum atomic E-state index is 12.5. The van der Waals surface area contributed by atoms with Gasteiger partial charge >= 0.3 is 0 Å². The fourth-order valence-electron chi connectivity index (χ4n) is 2.64. The number of hydrogen-bond acceptors (Lipinski definition) is 5. The first-order valence-electron chi connectivity index (χ1n) is 8.92. The van der Waals surface area contributed by atoms with Crippen molar-refractivity contribution >= 4 is 33.2 Å². The van der Waals surface area contributed by atoms with Gasteiger partial charge in [-0.3, -0.25) is 9.52 Å². The molecule has 3 rings (SSSR count). The molecule has 0 bridgehead atoms. The average molecular weight is 434 g/mol. The van der Waals surface area contributed by atoms with Crippen LogP contribution >= 0.6 is 11.6 Å². The van der Waals surface area contributed by atoms with Gasteiger partial charge in [-0.15, -0.1) is 10.2 Å². The van der Waals surface area contributed by atoms with E-state index in [1.807, 2.05) is 11.5 Å². The van der Waals surface area contributed by atoms with Gasteiger partial charge in [-0.25, -0.2) is 8.42 Å². The van der Waals surface area contributed by atoms with Gasteiger partial charge in [0.15, 0.2) is 0 Å². The third kappa shape index (κ3) is 5.33. The first-order chi connectivity index (χ1) is 13.9. The third-order valence-electron chi connectivity index (χ3n) is 4.19. The second-order valence-corrected chi connectivity index (χ2v) is 8.29. The molecule has 152 valence electrons. The average Bonchev–Trinajstić information content (AvgIpc) is 3.17. The van der Waals surface area contributed by atoms with Crippen molar-refractivity contribution < 1.29 is 13.2 Å². The van der Waals surface area contributed by atoms with E-state index in [0.717, 1.165) is 12.4 Å². The minimum atomic E-state index is -3.77. The number of anilines is 1. The summed E-state index contributed by atoms with van der Waals surface area (Å²) in [4.78, 5) is 12.3. The van der Waals surface area contributed by atoms with Gasteiger partial charge in [-0.05, 0) is 55.5 Å². The van der Waals surface area contributed by atoms with E-state index >= 15 is 0 Å². The van der Waals surface area contributed by atoms with Gasteiger partial charge in [0.05, 0.1) is 4.90 Å². The zero-order valence-corrected chi connectivity index (χ0v) is 17.2. The smallest absolute Gasteiger partial charge is 0.261 e. The van der Waals surface area contributed by atoms with E-state index in [4.69, 9.17) is 11.6 Å².